The van der Waals surface area contributed by atoms with Gasteiger partial charge in [0, 0.05) is 36.3 Å². The Morgan fingerprint density at radius 2 is 2.26 bits per heavy atom. The fraction of sp³-hybridized carbons (Fsp3) is 0.462. The second-order valence-electron chi connectivity index (χ2n) is 4.78. The summed E-state index contributed by atoms with van der Waals surface area (Å²) in [6.45, 7) is 3.00. The average Bonchev–Trinajstić information content (AvgIpc) is 2.87. The molecule has 6 heteroatoms. The minimum atomic E-state index is -0.452. The van der Waals surface area contributed by atoms with Gasteiger partial charge in [-0.2, -0.15) is 0 Å². The van der Waals surface area contributed by atoms with Crippen molar-refractivity contribution in [2.75, 3.05) is 20.1 Å². The van der Waals surface area contributed by atoms with Gasteiger partial charge in [-0.1, -0.05) is 6.07 Å². The molecular weight excluding hydrogens is 246 g/mol. The molecule has 2 rings (SSSR count). The number of hydrogen-bond donors (Lipinski definition) is 1. The zero-order chi connectivity index (χ0) is 14.0. The lowest BCUT2D eigenvalue weighted by Crippen LogP contribution is -2.33. The van der Waals surface area contributed by atoms with E-state index in [0.29, 0.717) is 30.3 Å². The van der Waals surface area contributed by atoms with E-state index < -0.39 is 4.92 Å². The molecular formula is C13H17N3O3. The van der Waals surface area contributed by atoms with Gasteiger partial charge in [0.05, 0.1) is 4.92 Å². The fourth-order valence-corrected chi connectivity index (χ4v) is 2.30. The third-order valence-corrected chi connectivity index (χ3v) is 3.54. The SMILES string of the molecule is CNC1CCN(C(=O)c2ccc(C)c([N+](=O)[O-])c2)C1. The molecule has 0 aliphatic carbocycles. The molecule has 1 aromatic carbocycles. The van der Waals surface area contributed by atoms with Crippen LogP contribution in [-0.2, 0) is 0 Å². The Morgan fingerprint density at radius 1 is 1.53 bits per heavy atom. The van der Waals surface area contributed by atoms with Crippen LogP contribution in [0.15, 0.2) is 18.2 Å². The van der Waals surface area contributed by atoms with Crippen LogP contribution in [0.5, 0.6) is 0 Å². The smallest absolute Gasteiger partial charge is 0.273 e. The Balaban J connectivity index is 2.20. The van der Waals surface area contributed by atoms with Crippen molar-refractivity contribution in [3.63, 3.8) is 0 Å². The predicted octanol–water partition coefficient (Wildman–Crippen LogP) is 1.34. The van der Waals surface area contributed by atoms with Crippen molar-refractivity contribution in [2.24, 2.45) is 0 Å². The van der Waals surface area contributed by atoms with E-state index in [4.69, 9.17) is 0 Å². The van der Waals surface area contributed by atoms with Gasteiger partial charge in [-0.15, -0.1) is 0 Å². The molecule has 6 nitrogen and oxygen atoms in total. The lowest BCUT2D eigenvalue weighted by Gasteiger charge is -2.16. The molecule has 0 aromatic heterocycles. The van der Waals surface area contributed by atoms with Gasteiger partial charge >= 0.3 is 0 Å². The van der Waals surface area contributed by atoms with Crippen LogP contribution >= 0.6 is 0 Å². The van der Waals surface area contributed by atoms with Crippen LogP contribution in [-0.4, -0.2) is 41.9 Å². The molecule has 1 amide bonds. The van der Waals surface area contributed by atoms with Crippen molar-refractivity contribution < 1.29 is 9.72 Å². The first-order valence-corrected chi connectivity index (χ1v) is 6.24. The molecule has 19 heavy (non-hydrogen) atoms. The molecule has 1 aliphatic rings. The van der Waals surface area contributed by atoms with Gasteiger partial charge in [-0.05, 0) is 26.5 Å². The molecule has 102 valence electrons. The second kappa shape index (κ2) is 5.36. The van der Waals surface area contributed by atoms with E-state index >= 15 is 0 Å². The third-order valence-electron chi connectivity index (χ3n) is 3.54. The first kappa shape index (κ1) is 13.5. The van der Waals surface area contributed by atoms with Crippen LogP contribution < -0.4 is 5.32 Å². The maximum Gasteiger partial charge on any atom is 0.273 e. The number of likely N-dealkylation sites (tertiary alicyclic amines) is 1. The minimum Gasteiger partial charge on any atom is -0.337 e. The summed E-state index contributed by atoms with van der Waals surface area (Å²) in [6.07, 6.45) is 0.913. The number of rotatable bonds is 3. The maximum absolute atomic E-state index is 12.3. The number of aryl methyl sites for hydroxylation is 1. The van der Waals surface area contributed by atoms with Gasteiger partial charge in [0.15, 0.2) is 0 Å². The number of nitrogens with one attached hydrogen (secondary N) is 1. The van der Waals surface area contributed by atoms with Gasteiger partial charge in [0.1, 0.15) is 0 Å². The van der Waals surface area contributed by atoms with Crippen LogP contribution in [0.2, 0.25) is 0 Å². The second-order valence-corrected chi connectivity index (χ2v) is 4.78. The standard InChI is InChI=1S/C13H17N3O3/c1-9-3-4-10(7-12(9)16(18)19)13(17)15-6-5-11(8-15)14-2/h3-4,7,11,14H,5-6,8H2,1-2H3. The van der Waals surface area contributed by atoms with Gasteiger partial charge in [-0.25, -0.2) is 0 Å². The minimum absolute atomic E-state index is 0.00443. The molecule has 0 spiro atoms. The van der Waals surface area contributed by atoms with Crippen LogP contribution in [0.25, 0.3) is 0 Å². The summed E-state index contributed by atoms with van der Waals surface area (Å²) in [5, 5.41) is 14.0. The molecule has 1 aromatic rings. The number of nitrogens with zero attached hydrogens (tertiary/aromatic N) is 2. The number of hydrogen-bond acceptors (Lipinski definition) is 4. The molecule has 1 aliphatic heterocycles. The molecule has 1 atom stereocenters. The molecule has 1 heterocycles. The maximum atomic E-state index is 12.3. The largest absolute Gasteiger partial charge is 0.337 e. The van der Waals surface area contributed by atoms with Crippen LogP contribution in [0.4, 0.5) is 5.69 Å². The predicted molar refractivity (Wildman–Crippen MR) is 71.2 cm³/mol. The summed E-state index contributed by atoms with van der Waals surface area (Å²) in [5.74, 6) is -0.138. The number of carbonyl (C=O) groups excluding carboxylic acids is 1. The zero-order valence-corrected chi connectivity index (χ0v) is 11.0. The van der Waals surface area contributed by atoms with E-state index in [0.717, 1.165) is 6.42 Å². The quantitative estimate of drug-likeness (QED) is 0.659. The van der Waals surface area contributed by atoms with Crippen molar-refractivity contribution in [3.05, 3.63) is 39.4 Å². The van der Waals surface area contributed by atoms with Crippen molar-refractivity contribution in [1.29, 1.82) is 0 Å². The first-order chi connectivity index (χ1) is 9.02. The highest BCUT2D eigenvalue weighted by Crippen LogP contribution is 2.21. The highest BCUT2D eigenvalue weighted by molar-refractivity contribution is 5.95. The Bertz CT molecular complexity index is 516. The molecule has 0 radical (unpaired) electrons. The van der Waals surface area contributed by atoms with Crippen molar-refractivity contribution >= 4 is 11.6 Å². The lowest BCUT2D eigenvalue weighted by molar-refractivity contribution is -0.385. The topological polar surface area (TPSA) is 75.5 Å². The molecule has 1 N–H and O–H groups in total. The fourth-order valence-electron chi connectivity index (χ4n) is 2.30. The average molecular weight is 263 g/mol. The highest BCUT2D eigenvalue weighted by Gasteiger charge is 2.26. The molecule has 1 fully saturated rings. The summed E-state index contributed by atoms with van der Waals surface area (Å²) in [7, 11) is 1.87. The van der Waals surface area contributed by atoms with Gasteiger partial charge < -0.3 is 10.2 Å². The van der Waals surface area contributed by atoms with E-state index in [1.807, 2.05) is 7.05 Å². The van der Waals surface area contributed by atoms with E-state index in [1.165, 1.54) is 6.07 Å². The summed E-state index contributed by atoms with van der Waals surface area (Å²) >= 11 is 0. The van der Waals surface area contributed by atoms with E-state index in [9.17, 15) is 14.9 Å². The zero-order valence-electron chi connectivity index (χ0n) is 11.0. The Hall–Kier alpha value is -1.95. The number of carbonyl (C=O) groups is 1. The molecule has 1 saturated heterocycles. The van der Waals surface area contributed by atoms with E-state index in [-0.39, 0.29) is 11.6 Å². The molecule has 0 bridgehead atoms. The van der Waals surface area contributed by atoms with Crippen molar-refractivity contribution in [3.8, 4) is 0 Å². The van der Waals surface area contributed by atoms with Gasteiger partial charge in [-0.3, -0.25) is 14.9 Å². The van der Waals surface area contributed by atoms with Gasteiger partial charge in [0.25, 0.3) is 11.6 Å². The van der Waals surface area contributed by atoms with Crippen LogP contribution in [0.1, 0.15) is 22.3 Å². The van der Waals surface area contributed by atoms with Crippen molar-refractivity contribution in [1.82, 2.24) is 10.2 Å². The monoisotopic (exact) mass is 263 g/mol. The Labute approximate surface area is 111 Å². The lowest BCUT2D eigenvalue weighted by atomic mass is 10.1. The van der Waals surface area contributed by atoms with E-state index in [2.05, 4.69) is 5.32 Å². The number of nitro groups is 1. The highest BCUT2D eigenvalue weighted by atomic mass is 16.6. The summed E-state index contributed by atoms with van der Waals surface area (Å²) in [5.41, 5.74) is 0.945. The van der Waals surface area contributed by atoms with Gasteiger partial charge in [0.2, 0.25) is 0 Å². The Morgan fingerprint density at radius 3 is 2.84 bits per heavy atom. The first-order valence-electron chi connectivity index (χ1n) is 6.24. The Kier molecular flexibility index (Phi) is 3.80. The number of likely N-dealkylation sites (N-methyl/N-ethyl adjacent to an activating group) is 1. The molecule has 1 unspecified atom stereocenters. The summed E-state index contributed by atoms with van der Waals surface area (Å²) in [6, 6.07) is 4.95. The third kappa shape index (κ3) is 2.73. The van der Waals surface area contributed by atoms with E-state index in [1.54, 1.807) is 24.0 Å². The number of nitro benzene ring substituents is 1. The summed E-state index contributed by atoms with van der Waals surface area (Å²) in [4.78, 5) is 24.4. The number of amides is 1. The van der Waals surface area contributed by atoms with Crippen molar-refractivity contribution in [2.45, 2.75) is 19.4 Å². The number of benzene rings is 1. The van der Waals surface area contributed by atoms with Crippen LogP contribution in [0.3, 0.4) is 0 Å². The van der Waals surface area contributed by atoms with Crippen LogP contribution in [0, 0.1) is 17.0 Å². The molecule has 0 saturated carbocycles. The summed E-state index contributed by atoms with van der Waals surface area (Å²) < 4.78 is 0. The normalized spacial score (nSPS) is 18.6.